The summed E-state index contributed by atoms with van der Waals surface area (Å²) in [6, 6.07) is 17.6. The molecule has 0 unspecified atom stereocenters. The van der Waals surface area contributed by atoms with E-state index in [1.165, 1.54) is 23.1 Å². The van der Waals surface area contributed by atoms with Crippen LogP contribution in [0.15, 0.2) is 48.5 Å². The van der Waals surface area contributed by atoms with E-state index in [-0.39, 0.29) is 6.03 Å². The van der Waals surface area contributed by atoms with Crippen LogP contribution in [0.4, 0.5) is 4.79 Å². The maximum Gasteiger partial charge on any atom is 0.317 e. The van der Waals surface area contributed by atoms with Crippen molar-refractivity contribution in [2.24, 2.45) is 5.92 Å². The number of ether oxygens (including phenoxy) is 1. The number of hydrogen-bond acceptors (Lipinski definition) is 3. The molecule has 0 bridgehead atoms. The second-order valence-corrected chi connectivity index (χ2v) is 9.16. The summed E-state index contributed by atoms with van der Waals surface area (Å²) in [5, 5.41) is 3.20. The number of amides is 2. The number of hydrogen-bond donors (Lipinski definition) is 1. The molecule has 1 N–H and O–H groups in total. The van der Waals surface area contributed by atoms with Gasteiger partial charge in [-0.05, 0) is 55.2 Å². The lowest BCUT2D eigenvalue weighted by atomic mass is 9.76. The number of fused-ring (bicyclic) bond motifs is 4. The zero-order chi connectivity index (χ0) is 21.2. The number of methoxy groups -OCH3 is 1. The van der Waals surface area contributed by atoms with Gasteiger partial charge >= 0.3 is 6.03 Å². The molecule has 2 aromatic rings. The SMILES string of the molecule is COc1cccc2c1CCN1C[C@H]3CCCN(C(=O)NCCc4ccccc4)[C@H]3C[C@@H]21. The van der Waals surface area contributed by atoms with Crippen molar-refractivity contribution >= 4 is 6.03 Å². The molecule has 0 aromatic heterocycles. The van der Waals surface area contributed by atoms with Crippen LogP contribution in [-0.2, 0) is 12.8 Å². The Balaban J connectivity index is 1.29. The quantitative estimate of drug-likeness (QED) is 0.814. The lowest BCUT2D eigenvalue weighted by Crippen LogP contribution is -2.59. The van der Waals surface area contributed by atoms with Crippen molar-refractivity contribution in [3.05, 3.63) is 65.2 Å². The van der Waals surface area contributed by atoms with Gasteiger partial charge in [-0.25, -0.2) is 4.79 Å². The van der Waals surface area contributed by atoms with Gasteiger partial charge in [0.15, 0.2) is 0 Å². The highest BCUT2D eigenvalue weighted by Crippen LogP contribution is 2.44. The van der Waals surface area contributed by atoms with Crippen LogP contribution in [0.2, 0.25) is 0 Å². The smallest absolute Gasteiger partial charge is 0.317 e. The highest BCUT2D eigenvalue weighted by Gasteiger charge is 2.44. The van der Waals surface area contributed by atoms with Crippen molar-refractivity contribution in [2.45, 2.75) is 44.2 Å². The van der Waals surface area contributed by atoms with E-state index < -0.39 is 0 Å². The minimum Gasteiger partial charge on any atom is -0.496 e. The minimum atomic E-state index is 0.112. The molecular formula is C26H33N3O2. The standard InChI is InChI=1S/C26H33N3O2/c1-31-25-11-5-10-21-22(25)13-16-28-18-20-9-6-15-29(23(20)17-24(21)28)26(30)27-14-12-19-7-3-2-4-8-19/h2-5,7-8,10-11,20,23-24H,6,9,12-18H2,1H3,(H,27,30)/t20-,23+,24+/m1/s1. The molecule has 2 aromatic carbocycles. The van der Waals surface area contributed by atoms with Gasteiger partial charge in [-0.3, -0.25) is 4.90 Å². The predicted molar refractivity (Wildman–Crippen MR) is 122 cm³/mol. The van der Waals surface area contributed by atoms with Crippen LogP contribution in [0.3, 0.4) is 0 Å². The van der Waals surface area contributed by atoms with Crippen LogP contribution in [0.5, 0.6) is 5.75 Å². The fourth-order valence-electron chi connectivity index (χ4n) is 5.97. The Hall–Kier alpha value is -2.53. The third-order valence-corrected chi connectivity index (χ3v) is 7.48. The Morgan fingerprint density at radius 1 is 1.13 bits per heavy atom. The highest BCUT2D eigenvalue weighted by molar-refractivity contribution is 5.74. The molecule has 5 rings (SSSR count). The third kappa shape index (κ3) is 4.03. The number of nitrogens with one attached hydrogen (secondary N) is 1. The van der Waals surface area contributed by atoms with Crippen molar-refractivity contribution in [1.82, 2.24) is 15.1 Å². The number of piperidine rings is 2. The van der Waals surface area contributed by atoms with Gasteiger partial charge in [0.2, 0.25) is 0 Å². The molecule has 3 aliphatic heterocycles. The lowest BCUT2D eigenvalue weighted by Gasteiger charge is -2.52. The molecule has 164 valence electrons. The summed E-state index contributed by atoms with van der Waals surface area (Å²) in [7, 11) is 1.77. The summed E-state index contributed by atoms with van der Waals surface area (Å²) in [5.74, 6) is 1.59. The molecule has 3 atom stereocenters. The summed E-state index contributed by atoms with van der Waals surface area (Å²) in [4.78, 5) is 17.9. The van der Waals surface area contributed by atoms with Gasteiger partial charge < -0.3 is 15.0 Å². The van der Waals surface area contributed by atoms with Gasteiger partial charge in [-0.1, -0.05) is 42.5 Å². The van der Waals surface area contributed by atoms with Crippen LogP contribution in [-0.4, -0.2) is 55.2 Å². The molecule has 0 saturated carbocycles. The predicted octanol–water partition coefficient (Wildman–Crippen LogP) is 4.03. The topological polar surface area (TPSA) is 44.8 Å². The molecule has 5 nitrogen and oxygen atoms in total. The molecule has 2 amide bonds. The van der Waals surface area contributed by atoms with Gasteiger partial charge in [-0.2, -0.15) is 0 Å². The van der Waals surface area contributed by atoms with Gasteiger partial charge in [0, 0.05) is 43.8 Å². The summed E-state index contributed by atoms with van der Waals surface area (Å²) >= 11 is 0. The zero-order valence-electron chi connectivity index (χ0n) is 18.4. The number of urea groups is 1. The van der Waals surface area contributed by atoms with Crippen molar-refractivity contribution in [2.75, 3.05) is 33.3 Å². The van der Waals surface area contributed by atoms with Crippen molar-refractivity contribution < 1.29 is 9.53 Å². The first kappa shape index (κ1) is 20.4. The van der Waals surface area contributed by atoms with Crippen molar-refractivity contribution in [1.29, 1.82) is 0 Å². The maximum absolute atomic E-state index is 13.1. The molecule has 0 aliphatic carbocycles. The fraction of sp³-hybridized carbons (Fsp3) is 0.500. The van der Waals surface area contributed by atoms with Crippen LogP contribution in [0, 0.1) is 5.92 Å². The summed E-state index contributed by atoms with van der Waals surface area (Å²) in [6.07, 6.45) is 5.29. The molecular weight excluding hydrogens is 386 g/mol. The first-order valence-corrected chi connectivity index (χ1v) is 11.7. The Morgan fingerprint density at radius 2 is 2.00 bits per heavy atom. The van der Waals surface area contributed by atoms with E-state index >= 15 is 0 Å². The van der Waals surface area contributed by atoms with Gasteiger partial charge in [0.25, 0.3) is 0 Å². The third-order valence-electron chi connectivity index (χ3n) is 7.48. The molecule has 2 saturated heterocycles. The average Bonchev–Trinajstić information content (AvgIpc) is 2.82. The molecule has 31 heavy (non-hydrogen) atoms. The molecule has 2 fully saturated rings. The molecule has 0 spiro atoms. The summed E-state index contributed by atoms with van der Waals surface area (Å²) in [6.45, 7) is 3.74. The second-order valence-electron chi connectivity index (χ2n) is 9.16. The van der Waals surface area contributed by atoms with Crippen LogP contribution < -0.4 is 10.1 Å². The Morgan fingerprint density at radius 3 is 2.84 bits per heavy atom. The zero-order valence-corrected chi connectivity index (χ0v) is 18.4. The molecule has 3 aliphatic rings. The fourth-order valence-corrected chi connectivity index (χ4v) is 5.97. The van der Waals surface area contributed by atoms with E-state index in [9.17, 15) is 4.79 Å². The van der Waals surface area contributed by atoms with Gasteiger partial charge in [0.05, 0.1) is 7.11 Å². The van der Waals surface area contributed by atoms with E-state index in [1.807, 2.05) is 6.07 Å². The summed E-state index contributed by atoms with van der Waals surface area (Å²) in [5.41, 5.74) is 4.03. The van der Waals surface area contributed by atoms with Crippen LogP contribution in [0.25, 0.3) is 0 Å². The number of nitrogens with zero attached hydrogens (tertiary/aromatic N) is 2. The number of carbonyl (C=O) groups excluding carboxylic acids is 1. The van der Waals surface area contributed by atoms with Crippen LogP contribution in [0.1, 0.15) is 42.0 Å². The minimum absolute atomic E-state index is 0.112. The van der Waals surface area contributed by atoms with Crippen molar-refractivity contribution in [3.63, 3.8) is 0 Å². The lowest BCUT2D eigenvalue weighted by molar-refractivity contribution is 0.00556. The number of benzene rings is 2. The van der Waals surface area contributed by atoms with Crippen LogP contribution >= 0.6 is 0 Å². The Bertz CT molecular complexity index is 916. The monoisotopic (exact) mass is 419 g/mol. The van der Waals surface area contributed by atoms with Gasteiger partial charge in [-0.15, -0.1) is 0 Å². The maximum atomic E-state index is 13.1. The van der Waals surface area contributed by atoms with Crippen molar-refractivity contribution in [3.8, 4) is 5.75 Å². The molecule has 5 heteroatoms. The first-order chi connectivity index (χ1) is 15.2. The van der Waals surface area contributed by atoms with Gasteiger partial charge in [0.1, 0.15) is 5.75 Å². The average molecular weight is 420 g/mol. The largest absolute Gasteiger partial charge is 0.496 e. The number of carbonyl (C=O) groups is 1. The Kier molecular flexibility index (Phi) is 5.86. The number of likely N-dealkylation sites (tertiary alicyclic amines) is 1. The molecule has 0 radical (unpaired) electrons. The highest BCUT2D eigenvalue weighted by atomic mass is 16.5. The van der Waals surface area contributed by atoms with E-state index in [0.717, 1.165) is 51.1 Å². The van der Waals surface area contributed by atoms with E-state index in [4.69, 9.17) is 4.74 Å². The molecule has 3 heterocycles. The van der Waals surface area contributed by atoms with E-state index in [0.29, 0.717) is 24.5 Å². The normalized spacial score (nSPS) is 25.2. The summed E-state index contributed by atoms with van der Waals surface area (Å²) < 4.78 is 5.65. The number of rotatable bonds is 4. The second kappa shape index (κ2) is 8.91. The van der Waals surface area contributed by atoms with E-state index in [2.05, 4.69) is 57.6 Å². The Labute approximate surface area is 185 Å². The van der Waals surface area contributed by atoms with E-state index in [1.54, 1.807) is 7.11 Å². The first-order valence-electron chi connectivity index (χ1n) is 11.7.